The van der Waals surface area contributed by atoms with Crippen LogP contribution in [0.2, 0.25) is 0 Å². The summed E-state index contributed by atoms with van der Waals surface area (Å²) in [7, 11) is 0. The lowest BCUT2D eigenvalue weighted by molar-refractivity contribution is 0.203. The van der Waals surface area contributed by atoms with Crippen molar-refractivity contribution >= 4 is 0 Å². The minimum absolute atomic E-state index is 0.285. The third kappa shape index (κ3) is 3.05. The van der Waals surface area contributed by atoms with E-state index >= 15 is 0 Å². The van der Waals surface area contributed by atoms with Gasteiger partial charge in [-0.1, -0.05) is 6.07 Å². The van der Waals surface area contributed by atoms with E-state index in [0.717, 1.165) is 38.2 Å². The number of benzene rings is 1. The normalized spacial score (nSPS) is 17.5. The summed E-state index contributed by atoms with van der Waals surface area (Å²) in [5, 5.41) is 0. The average Bonchev–Trinajstić information content (AvgIpc) is 2.90. The summed E-state index contributed by atoms with van der Waals surface area (Å²) in [4.78, 5) is 6.74. The van der Waals surface area contributed by atoms with Gasteiger partial charge in [-0.15, -0.1) is 0 Å². The fraction of sp³-hybridized carbons (Fsp3) is 0.400. The van der Waals surface area contributed by atoms with Crippen molar-refractivity contribution in [3.63, 3.8) is 0 Å². The molecule has 1 aliphatic rings. The van der Waals surface area contributed by atoms with Crippen LogP contribution in [0.15, 0.2) is 34.9 Å². The lowest BCUT2D eigenvalue weighted by Crippen LogP contribution is -2.39. The summed E-state index contributed by atoms with van der Waals surface area (Å²) in [5.74, 6) is 0.181. The number of hydrogen-bond acceptors (Lipinski definition) is 4. The Morgan fingerprint density at radius 3 is 2.90 bits per heavy atom. The second kappa shape index (κ2) is 5.73. The maximum Gasteiger partial charge on any atom is 0.226 e. The van der Waals surface area contributed by atoms with Gasteiger partial charge in [0.1, 0.15) is 12.1 Å². The Labute approximate surface area is 117 Å². The molecule has 5 heteroatoms. The smallest absolute Gasteiger partial charge is 0.226 e. The zero-order valence-corrected chi connectivity index (χ0v) is 11.3. The Morgan fingerprint density at radius 1 is 1.35 bits per heavy atom. The van der Waals surface area contributed by atoms with Gasteiger partial charge in [0, 0.05) is 31.2 Å². The predicted molar refractivity (Wildman–Crippen MR) is 74.4 cm³/mol. The summed E-state index contributed by atoms with van der Waals surface area (Å²) in [6.07, 6.45) is 3.69. The van der Waals surface area contributed by atoms with Crippen molar-refractivity contribution in [2.75, 3.05) is 13.1 Å². The number of nitrogens with two attached hydrogens (primary N) is 1. The summed E-state index contributed by atoms with van der Waals surface area (Å²) < 4.78 is 18.6. The van der Waals surface area contributed by atoms with Gasteiger partial charge in [0.05, 0.1) is 5.69 Å². The van der Waals surface area contributed by atoms with Crippen LogP contribution in [0.25, 0.3) is 11.5 Å². The standard InChI is InChI=1S/C15H18FN3O/c16-12-3-1-2-11(8-12)15-18-14(10-20-15)9-19-6-4-13(17)5-7-19/h1-3,8,10,13H,4-7,9,17H2. The SMILES string of the molecule is NC1CCN(Cc2coc(-c3cccc(F)c3)n2)CC1. The van der Waals surface area contributed by atoms with Gasteiger partial charge in [-0.05, 0) is 31.0 Å². The summed E-state index contributed by atoms with van der Waals surface area (Å²) in [5.41, 5.74) is 7.43. The lowest BCUT2D eigenvalue weighted by Gasteiger charge is -2.29. The fourth-order valence-electron chi connectivity index (χ4n) is 2.47. The lowest BCUT2D eigenvalue weighted by atomic mass is 10.1. The van der Waals surface area contributed by atoms with Crippen molar-refractivity contribution in [3.8, 4) is 11.5 Å². The van der Waals surface area contributed by atoms with E-state index in [4.69, 9.17) is 10.2 Å². The molecule has 1 aromatic heterocycles. The number of rotatable bonds is 3. The van der Waals surface area contributed by atoms with Crippen LogP contribution in [0.4, 0.5) is 4.39 Å². The quantitative estimate of drug-likeness (QED) is 0.934. The van der Waals surface area contributed by atoms with E-state index in [2.05, 4.69) is 9.88 Å². The second-order valence-corrected chi connectivity index (χ2v) is 5.27. The average molecular weight is 275 g/mol. The molecule has 3 rings (SSSR count). The molecule has 1 saturated heterocycles. The van der Waals surface area contributed by atoms with Crippen LogP contribution in [0, 0.1) is 5.82 Å². The van der Waals surface area contributed by atoms with Crippen LogP contribution < -0.4 is 5.73 Å². The van der Waals surface area contributed by atoms with Crippen molar-refractivity contribution in [1.82, 2.24) is 9.88 Å². The summed E-state index contributed by atoms with van der Waals surface area (Å²) >= 11 is 0. The molecular formula is C15H18FN3O. The molecule has 4 nitrogen and oxygen atoms in total. The zero-order valence-electron chi connectivity index (χ0n) is 11.3. The monoisotopic (exact) mass is 275 g/mol. The number of likely N-dealkylation sites (tertiary alicyclic amines) is 1. The minimum atomic E-state index is -0.285. The van der Waals surface area contributed by atoms with Crippen molar-refractivity contribution in [2.45, 2.75) is 25.4 Å². The molecule has 0 spiro atoms. The highest BCUT2D eigenvalue weighted by atomic mass is 19.1. The van der Waals surface area contributed by atoms with E-state index in [1.807, 2.05) is 0 Å². The molecule has 2 N–H and O–H groups in total. The van der Waals surface area contributed by atoms with E-state index in [1.165, 1.54) is 12.1 Å². The molecule has 0 unspecified atom stereocenters. The van der Waals surface area contributed by atoms with E-state index in [9.17, 15) is 4.39 Å². The Kier molecular flexibility index (Phi) is 3.80. The molecule has 0 amide bonds. The van der Waals surface area contributed by atoms with Crippen molar-refractivity contribution in [2.24, 2.45) is 5.73 Å². The van der Waals surface area contributed by atoms with Crippen LogP contribution >= 0.6 is 0 Å². The zero-order chi connectivity index (χ0) is 13.9. The van der Waals surface area contributed by atoms with Gasteiger partial charge in [0.15, 0.2) is 0 Å². The Hall–Kier alpha value is -1.72. The third-order valence-corrected chi connectivity index (χ3v) is 3.64. The molecule has 0 aliphatic carbocycles. The highest BCUT2D eigenvalue weighted by Crippen LogP contribution is 2.20. The molecular weight excluding hydrogens is 257 g/mol. The van der Waals surface area contributed by atoms with E-state index in [0.29, 0.717) is 17.5 Å². The predicted octanol–water partition coefficient (Wildman–Crippen LogP) is 2.40. The molecule has 0 saturated carbocycles. The van der Waals surface area contributed by atoms with Crippen molar-refractivity contribution in [1.29, 1.82) is 0 Å². The number of aromatic nitrogens is 1. The number of hydrogen-bond donors (Lipinski definition) is 1. The molecule has 2 aromatic rings. The van der Waals surface area contributed by atoms with Gasteiger partial charge in [-0.2, -0.15) is 0 Å². The van der Waals surface area contributed by atoms with Gasteiger partial charge in [0.25, 0.3) is 0 Å². The topological polar surface area (TPSA) is 55.3 Å². The molecule has 1 aliphatic heterocycles. The number of piperidine rings is 1. The van der Waals surface area contributed by atoms with Crippen LogP contribution in [-0.4, -0.2) is 29.0 Å². The second-order valence-electron chi connectivity index (χ2n) is 5.27. The first kappa shape index (κ1) is 13.3. The Morgan fingerprint density at radius 2 is 2.15 bits per heavy atom. The van der Waals surface area contributed by atoms with Crippen LogP contribution in [-0.2, 0) is 6.54 Å². The van der Waals surface area contributed by atoms with E-state index in [-0.39, 0.29) is 5.82 Å². The molecule has 0 atom stereocenters. The Balaban J connectivity index is 1.68. The van der Waals surface area contributed by atoms with Crippen molar-refractivity contribution in [3.05, 3.63) is 42.0 Å². The van der Waals surface area contributed by atoms with Gasteiger partial charge >= 0.3 is 0 Å². The first-order valence-electron chi connectivity index (χ1n) is 6.89. The van der Waals surface area contributed by atoms with Gasteiger partial charge in [0.2, 0.25) is 5.89 Å². The maximum absolute atomic E-state index is 13.2. The minimum Gasteiger partial charge on any atom is -0.444 e. The number of halogens is 1. The highest BCUT2D eigenvalue weighted by molar-refractivity contribution is 5.52. The first-order chi connectivity index (χ1) is 9.70. The van der Waals surface area contributed by atoms with E-state index < -0.39 is 0 Å². The molecule has 1 fully saturated rings. The fourth-order valence-corrected chi connectivity index (χ4v) is 2.47. The molecule has 106 valence electrons. The van der Waals surface area contributed by atoms with Crippen LogP contribution in [0.1, 0.15) is 18.5 Å². The molecule has 2 heterocycles. The highest BCUT2D eigenvalue weighted by Gasteiger charge is 2.17. The molecule has 0 bridgehead atoms. The van der Waals surface area contributed by atoms with E-state index in [1.54, 1.807) is 18.4 Å². The van der Waals surface area contributed by atoms with Crippen molar-refractivity contribution < 1.29 is 8.81 Å². The third-order valence-electron chi connectivity index (χ3n) is 3.64. The largest absolute Gasteiger partial charge is 0.444 e. The summed E-state index contributed by atoms with van der Waals surface area (Å²) in [6.45, 7) is 2.73. The van der Waals surface area contributed by atoms with Crippen LogP contribution in [0.5, 0.6) is 0 Å². The molecule has 1 aromatic carbocycles. The van der Waals surface area contributed by atoms with Crippen LogP contribution in [0.3, 0.4) is 0 Å². The molecule has 20 heavy (non-hydrogen) atoms. The number of nitrogens with zero attached hydrogens (tertiary/aromatic N) is 2. The van der Waals surface area contributed by atoms with Gasteiger partial charge < -0.3 is 10.2 Å². The number of oxazole rings is 1. The summed E-state index contributed by atoms with van der Waals surface area (Å²) in [6, 6.07) is 6.60. The molecule has 0 radical (unpaired) electrons. The van der Waals surface area contributed by atoms with Gasteiger partial charge in [-0.3, -0.25) is 4.90 Å². The first-order valence-corrected chi connectivity index (χ1v) is 6.89. The van der Waals surface area contributed by atoms with Gasteiger partial charge in [-0.25, -0.2) is 9.37 Å². The maximum atomic E-state index is 13.2. The Bertz CT molecular complexity index is 576.